The van der Waals surface area contributed by atoms with Gasteiger partial charge in [-0.05, 0) is 49.3 Å². The van der Waals surface area contributed by atoms with Crippen LogP contribution in [0.15, 0.2) is 48.0 Å². The minimum Gasteiger partial charge on any atom is -0.507 e. The van der Waals surface area contributed by atoms with Crippen molar-refractivity contribution in [3.05, 3.63) is 70.5 Å². The van der Waals surface area contributed by atoms with Crippen molar-refractivity contribution in [1.82, 2.24) is 9.80 Å². The van der Waals surface area contributed by atoms with Crippen LogP contribution in [0.5, 0.6) is 5.75 Å². The van der Waals surface area contributed by atoms with Gasteiger partial charge in [0.15, 0.2) is 0 Å². The molecule has 1 amide bonds. The van der Waals surface area contributed by atoms with Crippen LogP contribution in [0, 0.1) is 12.7 Å². The Morgan fingerprint density at radius 3 is 2.34 bits per heavy atom. The van der Waals surface area contributed by atoms with Crippen LogP contribution < -0.4 is 4.74 Å². The van der Waals surface area contributed by atoms with Crippen molar-refractivity contribution < 1.29 is 23.8 Å². The Hall–Kier alpha value is -3.19. The monoisotopic (exact) mass is 440 g/mol. The van der Waals surface area contributed by atoms with Crippen LogP contribution in [0.1, 0.15) is 36.6 Å². The fourth-order valence-electron chi connectivity index (χ4n) is 3.93. The molecule has 0 spiro atoms. The maximum absolute atomic E-state index is 14.2. The predicted octanol–water partition coefficient (Wildman–Crippen LogP) is 3.91. The molecule has 1 saturated heterocycles. The van der Waals surface area contributed by atoms with Gasteiger partial charge in [-0.25, -0.2) is 4.39 Å². The zero-order valence-corrected chi connectivity index (χ0v) is 18.9. The fourth-order valence-corrected chi connectivity index (χ4v) is 3.93. The van der Waals surface area contributed by atoms with E-state index in [1.165, 1.54) is 17.0 Å². The molecular formula is C25H29FN2O4. The smallest absolute Gasteiger partial charge is 0.295 e. The highest BCUT2D eigenvalue weighted by atomic mass is 19.1. The maximum Gasteiger partial charge on any atom is 0.295 e. The molecular weight excluding hydrogens is 411 g/mol. The second kappa shape index (κ2) is 9.96. The van der Waals surface area contributed by atoms with Gasteiger partial charge in [0, 0.05) is 18.7 Å². The maximum atomic E-state index is 14.2. The number of ketones is 1. The highest BCUT2D eigenvalue weighted by molar-refractivity contribution is 6.46. The number of hydrogen-bond acceptors (Lipinski definition) is 5. The Kier molecular flexibility index (Phi) is 7.30. The number of amides is 1. The Morgan fingerprint density at radius 2 is 1.78 bits per heavy atom. The molecule has 1 aliphatic rings. The number of carbonyl (C=O) groups excluding carboxylic acids is 2. The molecule has 170 valence electrons. The highest BCUT2D eigenvalue weighted by Crippen LogP contribution is 2.39. The normalized spacial score (nSPS) is 17.9. The van der Waals surface area contributed by atoms with Gasteiger partial charge in [-0.3, -0.25) is 9.59 Å². The summed E-state index contributed by atoms with van der Waals surface area (Å²) in [6, 6.07) is 10.5. The van der Waals surface area contributed by atoms with Gasteiger partial charge in [0.25, 0.3) is 11.7 Å². The van der Waals surface area contributed by atoms with Crippen molar-refractivity contribution in [2.24, 2.45) is 0 Å². The molecule has 1 fully saturated rings. The van der Waals surface area contributed by atoms with E-state index in [1.54, 1.807) is 44.4 Å². The van der Waals surface area contributed by atoms with E-state index in [2.05, 4.69) is 4.90 Å². The number of halogens is 1. The quantitative estimate of drug-likeness (QED) is 0.383. The van der Waals surface area contributed by atoms with Crippen LogP contribution in [0.25, 0.3) is 5.76 Å². The summed E-state index contributed by atoms with van der Waals surface area (Å²) in [6.45, 7) is 8.22. The van der Waals surface area contributed by atoms with Gasteiger partial charge in [0.1, 0.15) is 17.3 Å². The summed E-state index contributed by atoms with van der Waals surface area (Å²) in [5.74, 6) is -1.69. The third-order valence-electron chi connectivity index (χ3n) is 5.97. The van der Waals surface area contributed by atoms with E-state index in [4.69, 9.17) is 4.74 Å². The van der Waals surface area contributed by atoms with Crippen molar-refractivity contribution in [3.8, 4) is 5.75 Å². The first-order chi connectivity index (χ1) is 15.3. The average molecular weight is 441 g/mol. The molecule has 0 saturated carbocycles. The Bertz CT molecular complexity index is 1030. The number of rotatable bonds is 8. The van der Waals surface area contributed by atoms with Crippen molar-refractivity contribution >= 4 is 17.4 Å². The first-order valence-corrected chi connectivity index (χ1v) is 10.7. The lowest BCUT2D eigenvalue weighted by Crippen LogP contribution is -2.38. The lowest BCUT2D eigenvalue weighted by Gasteiger charge is -2.28. The number of methoxy groups -OCH3 is 1. The van der Waals surface area contributed by atoms with Crippen LogP contribution in [0.3, 0.4) is 0 Å². The first-order valence-electron chi connectivity index (χ1n) is 10.7. The number of hydrogen-bond donors (Lipinski definition) is 1. The van der Waals surface area contributed by atoms with E-state index in [-0.39, 0.29) is 16.9 Å². The molecule has 6 nitrogen and oxygen atoms in total. The third kappa shape index (κ3) is 4.53. The van der Waals surface area contributed by atoms with Crippen LogP contribution in [0.2, 0.25) is 0 Å². The second-order valence-corrected chi connectivity index (χ2v) is 7.76. The molecule has 1 atom stereocenters. The van der Waals surface area contributed by atoms with E-state index in [0.717, 1.165) is 13.1 Å². The number of aliphatic hydroxyl groups excluding tert-OH is 1. The topological polar surface area (TPSA) is 70.1 Å². The summed E-state index contributed by atoms with van der Waals surface area (Å²) in [6.07, 6.45) is 0. The van der Waals surface area contributed by atoms with Gasteiger partial charge in [0.05, 0.1) is 18.7 Å². The summed E-state index contributed by atoms with van der Waals surface area (Å²) in [4.78, 5) is 29.7. The van der Waals surface area contributed by atoms with Crippen molar-refractivity contribution in [3.63, 3.8) is 0 Å². The van der Waals surface area contributed by atoms with E-state index < -0.39 is 23.5 Å². The Morgan fingerprint density at radius 1 is 1.12 bits per heavy atom. The largest absolute Gasteiger partial charge is 0.507 e. The highest BCUT2D eigenvalue weighted by Gasteiger charge is 2.46. The van der Waals surface area contributed by atoms with Gasteiger partial charge in [0.2, 0.25) is 0 Å². The molecule has 0 aromatic heterocycles. The number of nitrogens with zero attached hydrogens (tertiary/aromatic N) is 2. The molecule has 0 radical (unpaired) electrons. The number of aliphatic hydroxyl groups is 1. The number of ether oxygens (including phenoxy) is 1. The zero-order chi connectivity index (χ0) is 23.4. The van der Waals surface area contributed by atoms with E-state index >= 15 is 0 Å². The van der Waals surface area contributed by atoms with Crippen LogP contribution in [0.4, 0.5) is 4.39 Å². The molecule has 2 aromatic rings. The van der Waals surface area contributed by atoms with E-state index in [0.29, 0.717) is 30.0 Å². The summed E-state index contributed by atoms with van der Waals surface area (Å²) < 4.78 is 19.4. The molecule has 2 aromatic carbocycles. The standard InChI is InChI=1S/C25H29FN2O4/c1-5-27(6-2)13-14-28-22(17-9-11-19(32-4)12-10-17)21(24(30)25(28)31)23(29)18-8-7-16(3)20(26)15-18/h7-12,15,22,29H,5-6,13-14H2,1-4H3/b23-21+. The number of benzene rings is 2. The molecule has 3 rings (SSSR count). The van der Waals surface area contributed by atoms with Crippen LogP contribution in [-0.2, 0) is 9.59 Å². The van der Waals surface area contributed by atoms with E-state index in [1.807, 2.05) is 13.8 Å². The zero-order valence-electron chi connectivity index (χ0n) is 18.9. The van der Waals surface area contributed by atoms with Gasteiger partial charge in [-0.1, -0.05) is 38.1 Å². The van der Waals surface area contributed by atoms with Gasteiger partial charge < -0.3 is 19.6 Å². The first kappa shape index (κ1) is 23.5. The summed E-state index contributed by atoms with van der Waals surface area (Å²) >= 11 is 0. The van der Waals surface area contributed by atoms with Crippen molar-refractivity contribution in [2.75, 3.05) is 33.3 Å². The molecule has 0 bridgehead atoms. The SMILES string of the molecule is CCN(CC)CCN1C(=O)C(=O)/C(=C(/O)c2ccc(C)c(F)c2)C1c1ccc(OC)cc1. The Labute approximate surface area is 187 Å². The van der Waals surface area contributed by atoms with Crippen molar-refractivity contribution in [2.45, 2.75) is 26.8 Å². The number of likely N-dealkylation sites (N-methyl/N-ethyl adjacent to an activating group) is 1. The molecule has 1 aliphatic heterocycles. The van der Waals surface area contributed by atoms with E-state index in [9.17, 15) is 19.1 Å². The third-order valence-corrected chi connectivity index (χ3v) is 5.97. The molecule has 32 heavy (non-hydrogen) atoms. The van der Waals surface area contributed by atoms with Gasteiger partial charge in [-0.15, -0.1) is 0 Å². The Balaban J connectivity index is 2.11. The number of aryl methyl sites for hydroxylation is 1. The molecule has 0 aliphatic carbocycles. The summed E-state index contributed by atoms with van der Waals surface area (Å²) in [7, 11) is 1.55. The number of likely N-dealkylation sites (tertiary alicyclic amines) is 1. The lowest BCUT2D eigenvalue weighted by atomic mass is 9.95. The molecule has 1 unspecified atom stereocenters. The summed E-state index contributed by atoms with van der Waals surface area (Å²) in [5, 5.41) is 11.0. The van der Waals surface area contributed by atoms with Crippen LogP contribution in [-0.4, -0.2) is 59.9 Å². The predicted molar refractivity (Wildman–Crippen MR) is 121 cm³/mol. The minimum atomic E-state index is -0.777. The second-order valence-electron chi connectivity index (χ2n) is 7.76. The lowest BCUT2D eigenvalue weighted by molar-refractivity contribution is -0.140. The number of Topliss-reactive ketones (excluding diaryl/α,β-unsaturated/α-hetero) is 1. The number of carbonyl (C=O) groups is 2. The van der Waals surface area contributed by atoms with Gasteiger partial charge >= 0.3 is 0 Å². The van der Waals surface area contributed by atoms with Gasteiger partial charge in [-0.2, -0.15) is 0 Å². The molecule has 1 N–H and O–H groups in total. The van der Waals surface area contributed by atoms with Crippen molar-refractivity contribution in [1.29, 1.82) is 0 Å². The van der Waals surface area contributed by atoms with Crippen LogP contribution >= 0.6 is 0 Å². The minimum absolute atomic E-state index is 0.0389. The summed E-state index contributed by atoms with van der Waals surface area (Å²) in [5.41, 5.74) is 1.21. The fraction of sp³-hybridized carbons (Fsp3) is 0.360. The molecule has 7 heteroatoms. The molecule has 1 heterocycles. The average Bonchev–Trinajstić information content (AvgIpc) is 3.06.